The van der Waals surface area contributed by atoms with Crippen molar-refractivity contribution in [2.45, 2.75) is 20.3 Å². The van der Waals surface area contributed by atoms with Crippen LogP contribution < -0.4 is 15.5 Å². The minimum atomic E-state index is 0.259. The molecular formula is C11H22N6. The van der Waals surface area contributed by atoms with Crippen LogP contribution in [0.2, 0.25) is 0 Å². The Labute approximate surface area is 103 Å². The molecular weight excluding hydrogens is 216 g/mol. The standard InChI is InChI=1S/C11H22N6/c1-8(2)6-7-17(5)11-14-9(12)13-10(15-11)16(3)4/h8H,6-7H2,1-5H3,(H2,12,13,14,15). The predicted molar refractivity (Wildman–Crippen MR) is 71.3 cm³/mol. The van der Waals surface area contributed by atoms with Gasteiger partial charge in [-0.1, -0.05) is 13.8 Å². The van der Waals surface area contributed by atoms with Gasteiger partial charge in [-0.2, -0.15) is 15.0 Å². The van der Waals surface area contributed by atoms with Crippen molar-refractivity contribution in [1.29, 1.82) is 0 Å². The van der Waals surface area contributed by atoms with Gasteiger partial charge in [0.1, 0.15) is 0 Å². The molecule has 0 unspecified atom stereocenters. The zero-order valence-corrected chi connectivity index (χ0v) is 11.3. The van der Waals surface area contributed by atoms with Crippen LogP contribution in [0.15, 0.2) is 0 Å². The van der Waals surface area contributed by atoms with E-state index in [9.17, 15) is 0 Å². The maximum absolute atomic E-state index is 5.68. The second-order valence-corrected chi connectivity index (χ2v) is 4.79. The van der Waals surface area contributed by atoms with Crippen molar-refractivity contribution >= 4 is 17.8 Å². The predicted octanol–water partition coefficient (Wildman–Crippen LogP) is 1.00. The van der Waals surface area contributed by atoms with E-state index in [4.69, 9.17) is 5.73 Å². The summed E-state index contributed by atoms with van der Waals surface area (Å²) in [5.74, 6) is 2.13. The first-order chi connectivity index (χ1) is 7.90. The van der Waals surface area contributed by atoms with Crippen molar-refractivity contribution < 1.29 is 0 Å². The molecule has 0 bridgehead atoms. The molecule has 0 saturated heterocycles. The smallest absolute Gasteiger partial charge is 0.231 e. The van der Waals surface area contributed by atoms with Gasteiger partial charge in [0.15, 0.2) is 0 Å². The maximum atomic E-state index is 5.68. The minimum absolute atomic E-state index is 0.259. The Morgan fingerprint density at radius 3 is 2.18 bits per heavy atom. The molecule has 0 aliphatic rings. The molecule has 6 heteroatoms. The van der Waals surface area contributed by atoms with Gasteiger partial charge in [-0.25, -0.2) is 0 Å². The highest BCUT2D eigenvalue weighted by atomic mass is 15.3. The summed E-state index contributed by atoms with van der Waals surface area (Å²) >= 11 is 0. The first-order valence-corrected chi connectivity index (χ1v) is 5.80. The van der Waals surface area contributed by atoms with Gasteiger partial charge in [0, 0.05) is 27.7 Å². The van der Waals surface area contributed by atoms with E-state index < -0.39 is 0 Å². The highest BCUT2D eigenvalue weighted by molar-refractivity contribution is 5.42. The fourth-order valence-electron chi connectivity index (χ4n) is 1.29. The lowest BCUT2D eigenvalue weighted by molar-refractivity contribution is 0.581. The molecule has 0 spiro atoms. The molecule has 0 aliphatic heterocycles. The lowest BCUT2D eigenvalue weighted by atomic mass is 10.1. The normalized spacial score (nSPS) is 10.7. The molecule has 17 heavy (non-hydrogen) atoms. The van der Waals surface area contributed by atoms with Crippen LogP contribution in [-0.4, -0.2) is 42.6 Å². The molecule has 6 nitrogen and oxygen atoms in total. The lowest BCUT2D eigenvalue weighted by Crippen LogP contribution is -2.24. The van der Waals surface area contributed by atoms with Crippen LogP contribution in [0.5, 0.6) is 0 Å². The van der Waals surface area contributed by atoms with E-state index in [1.807, 2.05) is 30.9 Å². The lowest BCUT2D eigenvalue weighted by Gasteiger charge is -2.19. The molecule has 0 aromatic carbocycles. The molecule has 0 atom stereocenters. The molecule has 0 radical (unpaired) electrons. The monoisotopic (exact) mass is 238 g/mol. The number of rotatable bonds is 5. The van der Waals surface area contributed by atoms with Gasteiger partial charge in [-0.15, -0.1) is 0 Å². The number of nitrogens with two attached hydrogens (primary N) is 1. The molecule has 96 valence electrons. The van der Waals surface area contributed by atoms with Gasteiger partial charge in [0.25, 0.3) is 0 Å². The first kappa shape index (κ1) is 13.5. The van der Waals surface area contributed by atoms with Crippen LogP contribution in [0, 0.1) is 5.92 Å². The third kappa shape index (κ3) is 4.05. The van der Waals surface area contributed by atoms with Gasteiger partial charge in [-0.05, 0) is 12.3 Å². The van der Waals surface area contributed by atoms with E-state index in [-0.39, 0.29) is 5.95 Å². The Morgan fingerprint density at radius 1 is 1.06 bits per heavy atom. The topological polar surface area (TPSA) is 71.2 Å². The fourth-order valence-corrected chi connectivity index (χ4v) is 1.29. The van der Waals surface area contributed by atoms with Crippen LogP contribution >= 0.6 is 0 Å². The van der Waals surface area contributed by atoms with Crippen molar-refractivity contribution in [3.63, 3.8) is 0 Å². The highest BCUT2D eigenvalue weighted by Crippen LogP contribution is 2.13. The van der Waals surface area contributed by atoms with Gasteiger partial charge in [0.2, 0.25) is 17.8 Å². The van der Waals surface area contributed by atoms with Gasteiger partial charge in [-0.3, -0.25) is 0 Å². The molecule has 0 saturated carbocycles. The second kappa shape index (κ2) is 5.65. The van der Waals surface area contributed by atoms with Crippen molar-refractivity contribution in [3.8, 4) is 0 Å². The number of nitrogens with zero attached hydrogens (tertiary/aromatic N) is 5. The number of anilines is 3. The largest absolute Gasteiger partial charge is 0.368 e. The second-order valence-electron chi connectivity index (χ2n) is 4.79. The minimum Gasteiger partial charge on any atom is -0.368 e. The first-order valence-electron chi connectivity index (χ1n) is 5.80. The molecule has 0 amide bonds. The average Bonchev–Trinajstić information content (AvgIpc) is 2.24. The molecule has 1 aromatic rings. The third-order valence-electron chi connectivity index (χ3n) is 2.41. The Morgan fingerprint density at radius 2 is 1.65 bits per heavy atom. The number of hydrogen-bond acceptors (Lipinski definition) is 6. The summed E-state index contributed by atoms with van der Waals surface area (Å²) in [4.78, 5) is 16.4. The number of hydrogen-bond donors (Lipinski definition) is 1. The maximum Gasteiger partial charge on any atom is 0.231 e. The molecule has 1 aromatic heterocycles. The van der Waals surface area contributed by atoms with E-state index in [0.717, 1.165) is 13.0 Å². The van der Waals surface area contributed by atoms with Crippen LogP contribution in [0.4, 0.5) is 17.8 Å². The highest BCUT2D eigenvalue weighted by Gasteiger charge is 2.10. The van der Waals surface area contributed by atoms with Gasteiger partial charge >= 0.3 is 0 Å². The Balaban J connectivity index is 2.82. The summed E-state index contributed by atoms with van der Waals surface area (Å²) in [7, 11) is 5.73. The van der Waals surface area contributed by atoms with Crippen LogP contribution in [0.25, 0.3) is 0 Å². The summed E-state index contributed by atoms with van der Waals surface area (Å²) in [6.07, 6.45) is 1.10. The van der Waals surface area contributed by atoms with Crippen LogP contribution in [0.1, 0.15) is 20.3 Å². The molecule has 2 N–H and O–H groups in total. The van der Waals surface area contributed by atoms with Crippen molar-refractivity contribution in [2.75, 3.05) is 43.2 Å². The van der Waals surface area contributed by atoms with E-state index in [2.05, 4.69) is 28.8 Å². The van der Waals surface area contributed by atoms with Gasteiger partial charge < -0.3 is 15.5 Å². The van der Waals surface area contributed by atoms with Crippen molar-refractivity contribution in [1.82, 2.24) is 15.0 Å². The molecule has 0 aliphatic carbocycles. The molecule has 1 heterocycles. The zero-order chi connectivity index (χ0) is 13.0. The summed E-state index contributed by atoms with van der Waals surface area (Å²) in [6, 6.07) is 0. The van der Waals surface area contributed by atoms with Crippen LogP contribution in [-0.2, 0) is 0 Å². The fraction of sp³-hybridized carbons (Fsp3) is 0.727. The zero-order valence-electron chi connectivity index (χ0n) is 11.3. The van der Waals surface area contributed by atoms with E-state index in [1.54, 1.807) is 0 Å². The third-order valence-corrected chi connectivity index (χ3v) is 2.41. The number of aromatic nitrogens is 3. The van der Waals surface area contributed by atoms with Gasteiger partial charge in [0.05, 0.1) is 0 Å². The van der Waals surface area contributed by atoms with E-state index >= 15 is 0 Å². The Bertz CT molecular complexity index is 363. The number of nitrogen functional groups attached to an aromatic ring is 1. The van der Waals surface area contributed by atoms with Crippen molar-refractivity contribution in [2.24, 2.45) is 5.92 Å². The van der Waals surface area contributed by atoms with E-state index in [0.29, 0.717) is 17.8 Å². The summed E-state index contributed by atoms with van der Waals surface area (Å²) < 4.78 is 0. The molecule has 1 rings (SSSR count). The van der Waals surface area contributed by atoms with Crippen molar-refractivity contribution in [3.05, 3.63) is 0 Å². The average molecular weight is 238 g/mol. The summed E-state index contributed by atoms with van der Waals surface area (Å²) in [5, 5.41) is 0. The summed E-state index contributed by atoms with van der Waals surface area (Å²) in [5.41, 5.74) is 5.68. The van der Waals surface area contributed by atoms with E-state index in [1.165, 1.54) is 0 Å². The summed E-state index contributed by atoms with van der Waals surface area (Å²) in [6.45, 7) is 5.30. The Kier molecular flexibility index (Phi) is 4.48. The SMILES string of the molecule is CC(C)CCN(C)c1nc(N)nc(N(C)C)n1. The van der Waals surface area contributed by atoms with Crippen LogP contribution in [0.3, 0.4) is 0 Å². The Hall–Kier alpha value is -1.59. The quantitative estimate of drug-likeness (QED) is 0.825. The molecule has 0 fully saturated rings.